The summed E-state index contributed by atoms with van der Waals surface area (Å²) in [6.45, 7) is 1.41. The number of nitrogens with zero attached hydrogens (tertiary/aromatic N) is 2. The first kappa shape index (κ1) is 12.5. The van der Waals surface area contributed by atoms with Gasteiger partial charge in [-0.25, -0.2) is 0 Å². The first-order chi connectivity index (χ1) is 8.61. The number of hydrogen-bond donors (Lipinski definition) is 1. The van der Waals surface area contributed by atoms with Crippen LogP contribution in [0.5, 0.6) is 0 Å². The molecule has 0 bridgehead atoms. The SMILES string of the molecule is CNC1CCN(C(=O)c2ccc([N+](=O)[O-])cc2)C1. The van der Waals surface area contributed by atoms with Crippen molar-refractivity contribution in [3.8, 4) is 0 Å². The molecule has 1 aliphatic heterocycles. The third kappa shape index (κ3) is 2.48. The molecule has 1 atom stereocenters. The highest BCUT2D eigenvalue weighted by Gasteiger charge is 2.25. The zero-order chi connectivity index (χ0) is 13.1. The van der Waals surface area contributed by atoms with E-state index in [2.05, 4.69) is 5.32 Å². The van der Waals surface area contributed by atoms with Crippen LogP contribution in [-0.2, 0) is 0 Å². The van der Waals surface area contributed by atoms with E-state index in [0.717, 1.165) is 13.0 Å². The molecule has 1 aromatic rings. The second kappa shape index (κ2) is 5.14. The number of non-ortho nitro benzene ring substituents is 1. The Labute approximate surface area is 105 Å². The molecule has 0 aromatic heterocycles. The highest BCUT2D eigenvalue weighted by atomic mass is 16.6. The molecule has 1 aliphatic rings. The quantitative estimate of drug-likeness (QED) is 0.641. The van der Waals surface area contributed by atoms with Crippen molar-refractivity contribution in [3.05, 3.63) is 39.9 Å². The van der Waals surface area contributed by atoms with Crippen molar-refractivity contribution in [2.24, 2.45) is 0 Å². The van der Waals surface area contributed by atoms with Gasteiger partial charge in [-0.15, -0.1) is 0 Å². The predicted octanol–water partition coefficient (Wildman–Crippen LogP) is 1.03. The summed E-state index contributed by atoms with van der Waals surface area (Å²) in [5.74, 6) is -0.0670. The van der Waals surface area contributed by atoms with Crippen LogP contribution in [0.3, 0.4) is 0 Å². The maximum atomic E-state index is 12.1. The van der Waals surface area contributed by atoms with Gasteiger partial charge < -0.3 is 10.2 Å². The third-order valence-corrected chi connectivity index (χ3v) is 3.21. The van der Waals surface area contributed by atoms with E-state index in [4.69, 9.17) is 0 Å². The van der Waals surface area contributed by atoms with Crippen LogP contribution in [-0.4, -0.2) is 41.9 Å². The Morgan fingerprint density at radius 3 is 2.61 bits per heavy atom. The van der Waals surface area contributed by atoms with Crippen molar-refractivity contribution in [1.82, 2.24) is 10.2 Å². The number of amides is 1. The van der Waals surface area contributed by atoms with E-state index in [-0.39, 0.29) is 11.6 Å². The van der Waals surface area contributed by atoms with Crippen molar-refractivity contribution in [2.45, 2.75) is 12.5 Å². The van der Waals surface area contributed by atoms with E-state index in [0.29, 0.717) is 18.2 Å². The topological polar surface area (TPSA) is 75.5 Å². The van der Waals surface area contributed by atoms with Crippen molar-refractivity contribution >= 4 is 11.6 Å². The first-order valence-electron chi connectivity index (χ1n) is 5.83. The van der Waals surface area contributed by atoms with E-state index in [1.807, 2.05) is 7.05 Å². The largest absolute Gasteiger partial charge is 0.337 e. The summed E-state index contributed by atoms with van der Waals surface area (Å²) < 4.78 is 0. The number of benzene rings is 1. The number of nitro groups is 1. The van der Waals surface area contributed by atoms with Crippen molar-refractivity contribution in [2.75, 3.05) is 20.1 Å². The van der Waals surface area contributed by atoms with Crippen molar-refractivity contribution in [1.29, 1.82) is 0 Å². The number of nitrogens with one attached hydrogen (secondary N) is 1. The number of carbonyl (C=O) groups excluding carboxylic acids is 1. The zero-order valence-electron chi connectivity index (χ0n) is 10.1. The molecule has 1 N–H and O–H groups in total. The molecule has 0 spiro atoms. The Balaban J connectivity index is 2.07. The second-order valence-electron chi connectivity index (χ2n) is 4.33. The van der Waals surface area contributed by atoms with Crippen LogP contribution in [0.2, 0.25) is 0 Å². The van der Waals surface area contributed by atoms with Crippen LogP contribution in [0.25, 0.3) is 0 Å². The molecule has 1 amide bonds. The average molecular weight is 249 g/mol. The minimum atomic E-state index is -0.471. The molecule has 2 rings (SSSR count). The fourth-order valence-electron chi connectivity index (χ4n) is 2.09. The van der Waals surface area contributed by atoms with Crippen LogP contribution >= 0.6 is 0 Å². The molecule has 96 valence electrons. The lowest BCUT2D eigenvalue weighted by Crippen LogP contribution is -2.33. The van der Waals surface area contributed by atoms with Gasteiger partial charge in [-0.05, 0) is 25.6 Å². The fraction of sp³-hybridized carbons (Fsp3) is 0.417. The molecule has 1 aromatic carbocycles. The average Bonchev–Trinajstić information content (AvgIpc) is 2.86. The van der Waals surface area contributed by atoms with E-state index in [9.17, 15) is 14.9 Å². The van der Waals surface area contributed by atoms with E-state index in [1.54, 1.807) is 4.90 Å². The molecule has 1 unspecified atom stereocenters. The molecular weight excluding hydrogens is 234 g/mol. The number of carbonyl (C=O) groups is 1. The summed E-state index contributed by atoms with van der Waals surface area (Å²) >= 11 is 0. The first-order valence-corrected chi connectivity index (χ1v) is 5.83. The van der Waals surface area contributed by atoms with Gasteiger partial charge in [-0.3, -0.25) is 14.9 Å². The Morgan fingerprint density at radius 2 is 2.11 bits per heavy atom. The van der Waals surface area contributed by atoms with Gasteiger partial charge in [0.2, 0.25) is 0 Å². The third-order valence-electron chi connectivity index (χ3n) is 3.21. The summed E-state index contributed by atoms with van der Waals surface area (Å²) in [4.78, 5) is 23.9. The Bertz CT molecular complexity index is 458. The lowest BCUT2D eigenvalue weighted by Gasteiger charge is -2.16. The second-order valence-corrected chi connectivity index (χ2v) is 4.33. The van der Waals surface area contributed by atoms with Gasteiger partial charge in [0, 0.05) is 36.8 Å². The monoisotopic (exact) mass is 249 g/mol. The van der Waals surface area contributed by atoms with Crippen molar-refractivity contribution in [3.63, 3.8) is 0 Å². The maximum Gasteiger partial charge on any atom is 0.269 e. The highest BCUT2D eigenvalue weighted by molar-refractivity contribution is 5.94. The predicted molar refractivity (Wildman–Crippen MR) is 66.5 cm³/mol. The van der Waals surface area contributed by atoms with Gasteiger partial charge >= 0.3 is 0 Å². The number of rotatable bonds is 3. The summed E-state index contributed by atoms with van der Waals surface area (Å²) in [6, 6.07) is 6.07. The van der Waals surface area contributed by atoms with E-state index in [1.165, 1.54) is 24.3 Å². The van der Waals surface area contributed by atoms with Gasteiger partial charge in [0.15, 0.2) is 0 Å². The Kier molecular flexibility index (Phi) is 3.57. The minimum absolute atomic E-state index is 0.000994. The summed E-state index contributed by atoms with van der Waals surface area (Å²) in [5, 5.41) is 13.7. The normalized spacial score (nSPS) is 18.9. The highest BCUT2D eigenvalue weighted by Crippen LogP contribution is 2.16. The van der Waals surface area contributed by atoms with Gasteiger partial charge in [-0.2, -0.15) is 0 Å². The van der Waals surface area contributed by atoms with Crippen molar-refractivity contribution < 1.29 is 9.72 Å². The number of likely N-dealkylation sites (tertiary alicyclic amines) is 1. The van der Waals surface area contributed by atoms with Gasteiger partial charge in [-0.1, -0.05) is 0 Å². The smallest absolute Gasteiger partial charge is 0.269 e. The van der Waals surface area contributed by atoms with E-state index < -0.39 is 4.92 Å². The number of likely N-dealkylation sites (N-methyl/N-ethyl adjacent to an activating group) is 1. The lowest BCUT2D eigenvalue weighted by molar-refractivity contribution is -0.384. The van der Waals surface area contributed by atoms with Crippen LogP contribution < -0.4 is 5.32 Å². The zero-order valence-corrected chi connectivity index (χ0v) is 10.1. The van der Waals surface area contributed by atoms with E-state index >= 15 is 0 Å². The molecule has 6 heteroatoms. The van der Waals surface area contributed by atoms with Crippen LogP contribution in [0.1, 0.15) is 16.8 Å². The molecule has 0 aliphatic carbocycles. The number of hydrogen-bond acceptors (Lipinski definition) is 4. The molecule has 1 heterocycles. The Morgan fingerprint density at radius 1 is 1.44 bits per heavy atom. The maximum absolute atomic E-state index is 12.1. The molecule has 0 saturated carbocycles. The summed E-state index contributed by atoms with van der Waals surface area (Å²) in [7, 11) is 1.88. The molecule has 1 fully saturated rings. The fourth-order valence-corrected chi connectivity index (χ4v) is 2.09. The summed E-state index contributed by atoms with van der Waals surface area (Å²) in [5.41, 5.74) is 0.499. The van der Waals surface area contributed by atoms with Gasteiger partial charge in [0.1, 0.15) is 0 Å². The molecule has 0 radical (unpaired) electrons. The van der Waals surface area contributed by atoms with Gasteiger partial charge in [0.25, 0.3) is 11.6 Å². The minimum Gasteiger partial charge on any atom is -0.337 e. The lowest BCUT2D eigenvalue weighted by atomic mass is 10.2. The number of nitro benzene ring substituents is 1. The van der Waals surface area contributed by atoms with Crippen LogP contribution in [0.15, 0.2) is 24.3 Å². The molecular formula is C12H15N3O3. The Hall–Kier alpha value is -1.95. The standard InChI is InChI=1S/C12H15N3O3/c1-13-10-6-7-14(8-10)12(16)9-2-4-11(5-3-9)15(17)18/h2-5,10,13H,6-8H2,1H3. The van der Waals surface area contributed by atoms with Crippen LogP contribution in [0, 0.1) is 10.1 Å². The molecule has 18 heavy (non-hydrogen) atoms. The summed E-state index contributed by atoms with van der Waals surface area (Å²) in [6.07, 6.45) is 0.940. The van der Waals surface area contributed by atoms with Crippen LogP contribution in [0.4, 0.5) is 5.69 Å². The molecule has 6 nitrogen and oxygen atoms in total. The van der Waals surface area contributed by atoms with Gasteiger partial charge in [0.05, 0.1) is 4.92 Å². The molecule has 1 saturated heterocycles.